The Morgan fingerprint density at radius 3 is 0.686 bits per heavy atom. The van der Waals surface area contributed by atoms with Crippen LogP contribution < -0.4 is 0 Å². The van der Waals surface area contributed by atoms with Gasteiger partial charge in [0.05, 0.1) is 0 Å². The number of hydrogen-bond donors (Lipinski definition) is 0. The van der Waals surface area contributed by atoms with Gasteiger partial charge < -0.3 is 0 Å². The largest absolute Gasteiger partial charge is 0.0654 e. The van der Waals surface area contributed by atoms with Crippen molar-refractivity contribution < 1.29 is 0 Å². The van der Waals surface area contributed by atoms with Crippen LogP contribution in [-0.4, -0.2) is 0 Å². The van der Waals surface area contributed by atoms with Crippen molar-refractivity contribution in [2.45, 2.75) is 338 Å². The molecule has 0 aliphatic carbocycles. The minimum atomic E-state index is 0.783. The van der Waals surface area contributed by atoms with Crippen LogP contribution in [0.25, 0.3) is 0 Å². The van der Waals surface area contributed by atoms with Crippen molar-refractivity contribution in [2.75, 3.05) is 0 Å². The summed E-state index contributed by atoms with van der Waals surface area (Å²) in [5, 5.41) is 0. The van der Waals surface area contributed by atoms with Gasteiger partial charge in [-0.15, -0.1) is 0 Å². The number of aryl methyl sites for hydroxylation is 2. The first-order valence-electron chi connectivity index (χ1n) is 31.6. The first-order chi connectivity index (χ1) is 34.4. The third-order valence-electron chi connectivity index (χ3n) is 15.4. The molecule has 0 saturated carbocycles. The minimum absolute atomic E-state index is 0.783. The molecule has 0 aliphatic rings. The summed E-state index contributed by atoms with van der Waals surface area (Å²) in [6.45, 7) is 20.9. The van der Waals surface area contributed by atoms with Crippen molar-refractivity contribution in [3.63, 3.8) is 0 Å². The van der Waals surface area contributed by atoms with E-state index < -0.39 is 0 Å². The summed E-state index contributed by atoms with van der Waals surface area (Å²) in [7, 11) is 0. The number of hydrogen-bond acceptors (Lipinski definition) is 0. The van der Waals surface area contributed by atoms with E-state index in [0.29, 0.717) is 0 Å². The average molecular weight is 964 g/mol. The van der Waals surface area contributed by atoms with Crippen molar-refractivity contribution in [3.8, 4) is 0 Å². The molecule has 0 saturated heterocycles. The van der Waals surface area contributed by atoms with E-state index in [0.717, 1.165) is 5.92 Å². The second-order valence-electron chi connectivity index (χ2n) is 22.0. The molecule has 0 unspecified atom stereocenters. The highest BCUT2D eigenvalue weighted by Crippen LogP contribution is 2.42. The van der Waals surface area contributed by atoms with Crippen LogP contribution >= 0.6 is 0 Å². The van der Waals surface area contributed by atoms with Gasteiger partial charge in [-0.2, -0.15) is 0 Å². The van der Waals surface area contributed by atoms with Crippen LogP contribution in [0.15, 0.2) is 60.7 Å². The lowest BCUT2D eigenvalue weighted by Gasteiger charge is -2.32. The molecule has 0 amide bonds. The van der Waals surface area contributed by atoms with Gasteiger partial charge in [-0.1, -0.05) is 313 Å². The van der Waals surface area contributed by atoms with Gasteiger partial charge in [-0.3, -0.25) is 0 Å². The summed E-state index contributed by atoms with van der Waals surface area (Å²) in [4.78, 5) is 0. The molecule has 402 valence electrons. The van der Waals surface area contributed by atoms with E-state index in [1.807, 2.05) is 69.8 Å². The van der Waals surface area contributed by atoms with E-state index in [2.05, 4.69) is 86.6 Å². The van der Waals surface area contributed by atoms with Crippen molar-refractivity contribution in [1.29, 1.82) is 0 Å². The average Bonchev–Trinajstić information content (AvgIpc) is 3.37. The lowest BCUT2D eigenvalue weighted by atomic mass is 9.73. The summed E-state index contributed by atoms with van der Waals surface area (Å²) in [6, 6.07) is 20.5. The molecule has 0 radical (unpaired) electrons. The van der Waals surface area contributed by atoms with Gasteiger partial charge in [0.25, 0.3) is 0 Å². The first kappa shape index (κ1) is 65.7. The van der Waals surface area contributed by atoms with E-state index in [-0.39, 0.29) is 0 Å². The molecular formula is C70H122. The fourth-order valence-corrected chi connectivity index (χ4v) is 11.0. The van der Waals surface area contributed by atoms with Gasteiger partial charge in [0.1, 0.15) is 0 Å². The second-order valence-corrected chi connectivity index (χ2v) is 22.0. The molecule has 0 atom stereocenters. The Kier molecular flexibility index (Phi) is 45.9. The Morgan fingerprint density at radius 2 is 0.457 bits per heavy atom. The molecule has 0 fully saturated rings. The highest BCUT2D eigenvalue weighted by atomic mass is 14.3. The quantitative estimate of drug-likeness (QED) is 0.0496. The first-order valence-corrected chi connectivity index (χ1v) is 31.6. The van der Waals surface area contributed by atoms with Crippen LogP contribution in [0, 0.1) is 13.8 Å². The fourth-order valence-electron chi connectivity index (χ4n) is 11.0. The molecule has 0 heterocycles. The van der Waals surface area contributed by atoms with E-state index >= 15 is 0 Å². The fraction of sp³-hybridized carbons (Fsp3) is 0.743. The smallest absolute Gasteiger partial charge is 0.0156 e. The van der Waals surface area contributed by atoms with Crippen LogP contribution in [0.2, 0.25) is 0 Å². The van der Waals surface area contributed by atoms with Crippen LogP contribution in [0.5, 0.6) is 0 Å². The van der Waals surface area contributed by atoms with Crippen molar-refractivity contribution >= 4 is 0 Å². The molecule has 0 heteroatoms. The SMILES string of the molecule is CCCCCCCc1c(CCCCCCC)c(CCCCCCC)c(C(CCCCCCC)CCCCCCC)c(CCCCCCC)c1CCCCCCC.Cc1ccccc1.Cc1ccccc1. The molecule has 0 aromatic heterocycles. The van der Waals surface area contributed by atoms with Gasteiger partial charge in [-0.05, 0) is 130 Å². The Bertz CT molecular complexity index is 1410. The van der Waals surface area contributed by atoms with Crippen LogP contribution in [0.3, 0.4) is 0 Å². The maximum Gasteiger partial charge on any atom is -0.0156 e. The third-order valence-corrected chi connectivity index (χ3v) is 15.4. The van der Waals surface area contributed by atoms with Gasteiger partial charge >= 0.3 is 0 Å². The topological polar surface area (TPSA) is 0 Å². The van der Waals surface area contributed by atoms with Crippen LogP contribution in [0.1, 0.15) is 336 Å². The summed E-state index contributed by atoms with van der Waals surface area (Å²) in [5.74, 6) is 0.783. The second kappa shape index (κ2) is 48.9. The minimum Gasteiger partial charge on any atom is -0.0654 e. The molecule has 0 N–H and O–H groups in total. The molecule has 0 aliphatic heterocycles. The maximum absolute atomic E-state index is 2.39. The van der Waals surface area contributed by atoms with Gasteiger partial charge in [0.15, 0.2) is 0 Å². The predicted molar refractivity (Wildman–Crippen MR) is 321 cm³/mol. The highest BCUT2D eigenvalue weighted by Gasteiger charge is 2.27. The van der Waals surface area contributed by atoms with Crippen molar-refractivity contribution in [3.05, 3.63) is 105 Å². The number of benzene rings is 3. The monoisotopic (exact) mass is 963 g/mol. The molecule has 70 heavy (non-hydrogen) atoms. The molecular weight excluding hydrogens is 841 g/mol. The molecule has 0 spiro atoms. The molecule has 3 aromatic rings. The van der Waals surface area contributed by atoms with E-state index in [1.165, 1.54) is 281 Å². The zero-order valence-electron chi connectivity index (χ0n) is 49.0. The Balaban J connectivity index is 0.00000148. The van der Waals surface area contributed by atoms with E-state index in [1.54, 1.807) is 0 Å². The Hall–Kier alpha value is -2.34. The lowest BCUT2D eigenvalue weighted by molar-refractivity contribution is 0.482. The number of rotatable bonds is 43. The van der Waals surface area contributed by atoms with Gasteiger partial charge in [-0.25, -0.2) is 0 Å². The Morgan fingerprint density at radius 1 is 0.243 bits per heavy atom. The standard InChI is InChI=1S/C56H106.2C7H8/c1-8-15-22-29-36-43-50(44-37-30-23-16-9-2)56-54(48-41-34-27-20-13-6)52(46-39-32-25-18-11-4)51(45-38-31-24-17-10-3)53(47-40-33-26-19-12-5)55(56)49-42-35-28-21-14-7;2*1-7-5-3-2-4-6-7/h50H,8-49H2,1-7H3;2*2-6H,1H3. The zero-order chi connectivity index (χ0) is 51.0. The lowest BCUT2D eigenvalue weighted by Crippen LogP contribution is -2.18. The third kappa shape index (κ3) is 33.4. The van der Waals surface area contributed by atoms with E-state index in [9.17, 15) is 0 Å². The van der Waals surface area contributed by atoms with Gasteiger partial charge in [0, 0.05) is 0 Å². The summed E-state index contributed by atoms with van der Waals surface area (Å²) in [5.41, 5.74) is 14.3. The zero-order valence-corrected chi connectivity index (χ0v) is 49.0. The van der Waals surface area contributed by atoms with Gasteiger partial charge in [0.2, 0.25) is 0 Å². The Labute approximate surface area is 441 Å². The number of unbranched alkanes of at least 4 members (excludes halogenated alkanes) is 28. The summed E-state index contributed by atoms with van der Waals surface area (Å²) >= 11 is 0. The molecule has 0 nitrogen and oxygen atoms in total. The maximum atomic E-state index is 2.39. The van der Waals surface area contributed by atoms with Crippen LogP contribution in [0.4, 0.5) is 0 Å². The molecule has 0 bridgehead atoms. The van der Waals surface area contributed by atoms with Crippen LogP contribution in [-0.2, 0) is 32.1 Å². The highest BCUT2D eigenvalue weighted by molar-refractivity contribution is 5.54. The summed E-state index contributed by atoms with van der Waals surface area (Å²) < 4.78 is 0. The van der Waals surface area contributed by atoms with Crippen molar-refractivity contribution in [2.24, 2.45) is 0 Å². The predicted octanol–water partition coefficient (Wildman–Crippen LogP) is 24.0. The molecule has 3 rings (SSSR count). The van der Waals surface area contributed by atoms with E-state index in [4.69, 9.17) is 0 Å². The van der Waals surface area contributed by atoms with Crippen molar-refractivity contribution in [1.82, 2.24) is 0 Å². The normalized spacial score (nSPS) is 11.2. The molecule has 3 aromatic carbocycles. The summed E-state index contributed by atoms with van der Waals surface area (Å²) in [6.07, 6.45) is 59.2.